The Morgan fingerprint density at radius 2 is 1.84 bits per heavy atom. The Morgan fingerprint density at radius 1 is 1.22 bits per heavy atom. The minimum atomic E-state index is -4.49. The normalized spacial score (nSPS) is 18.2. The van der Waals surface area contributed by atoms with E-state index < -0.39 is 29.2 Å². The number of rotatable bonds is 5. The number of allylic oxidation sites excluding steroid dienone is 1. The van der Waals surface area contributed by atoms with Crippen molar-refractivity contribution >= 4 is 35.0 Å². The van der Waals surface area contributed by atoms with Crippen LogP contribution in [-0.2, 0) is 15.7 Å². The summed E-state index contributed by atoms with van der Waals surface area (Å²) in [6.45, 7) is 3.56. The monoisotopic (exact) mass is 465 g/mol. The average Bonchev–Trinajstić information content (AvgIpc) is 3.14. The van der Waals surface area contributed by atoms with Gasteiger partial charge in [0.1, 0.15) is 5.41 Å². The second-order valence-electron chi connectivity index (χ2n) is 7.08. The molecular formula is C22H19ClF3N3O3. The molecule has 2 aromatic carbocycles. The van der Waals surface area contributed by atoms with Crippen LogP contribution in [-0.4, -0.2) is 36.4 Å². The van der Waals surface area contributed by atoms with Gasteiger partial charge in [0.2, 0.25) is 0 Å². The van der Waals surface area contributed by atoms with E-state index in [2.05, 4.69) is 17.0 Å². The van der Waals surface area contributed by atoms with Gasteiger partial charge in [0.25, 0.3) is 0 Å². The topological polar surface area (TPSA) is 71.0 Å². The molecule has 0 saturated heterocycles. The van der Waals surface area contributed by atoms with Crippen LogP contribution in [0.25, 0.3) is 0 Å². The number of urea groups is 1. The molecule has 1 heterocycles. The highest BCUT2D eigenvalue weighted by atomic mass is 35.5. The van der Waals surface area contributed by atoms with Crippen LogP contribution in [0.1, 0.15) is 17.5 Å². The number of hydrogen-bond donors (Lipinski definition) is 1. The molecule has 1 N–H and O–H groups in total. The van der Waals surface area contributed by atoms with E-state index in [1.54, 1.807) is 24.3 Å². The number of nitrogens with one attached hydrogen (secondary N) is 1. The standard InChI is InChI=1S/C22H19ClF3N3O3/c1-3-12-21(19(30)32-2)13-29(28-18(21)14-4-8-16(23)9-5-14)20(31)27-17-10-6-15(7-11-17)22(24,25)26/h3-11H,1,12-13H2,2H3,(H,27,31). The van der Waals surface area contributed by atoms with Crippen LogP contribution in [0.15, 0.2) is 66.3 Å². The molecule has 0 bridgehead atoms. The molecule has 0 fully saturated rings. The minimum absolute atomic E-state index is 0.143. The first-order valence-corrected chi connectivity index (χ1v) is 9.78. The van der Waals surface area contributed by atoms with Gasteiger partial charge in [-0.2, -0.15) is 18.3 Å². The molecule has 0 radical (unpaired) electrons. The second kappa shape index (κ2) is 9.04. The Kier molecular flexibility index (Phi) is 6.59. The Labute approximate surface area is 187 Å². The van der Waals surface area contributed by atoms with Crippen LogP contribution in [0.4, 0.5) is 23.7 Å². The Balaban J connectivity index is 1.92. The first kappa shape index (κ1) is 23.3. The summed E-state index contributed by atoms with van der Waals surface area (Å²) in [7, 11) is 1.23. The van der Waals surface area contributed by atoms with Crippen LogP contribution >= 0.6 is 11.6 Å². The number of hydrazone groups is 1. The molecule has 6 nitrogen and oxygen atoms in total. The number of carbonyl (C=O) groups is 2. The molecule has 3 rings (SSSR count). The van der Waals surface area contributed by atoms with E-state index in [0.717, 1.165) is 29.3 Å². The third-order valence-corrected chi connectivity index (χ3v) is 5.23. The molecule has 32 heavy (non-hydrogen) atoms. The summed E-state index contributed by atoms with van der Waals surface area (Å²) in [5.74, 6) is -0.601. The minimum Gasteiger partial charge on any atom is -0.468 e. The van der Waals surface area contributed by atoms with Crippen molar-refractivity contribution in [2.24, 2.45) is 10.5 Å². The molecule has 1 unspecified atom stereocenters. The molecule has 0 aromatic heterocycles. The lowest BCUT2D eigenvalue weighted by Crippen LogP contribution is -2.44. The number of benzene rings is 2. The predicted molar refractivity (Wildman–Crippen MR) is 114 cm³/mol. The van der Waals surface area contributed by atoms with Crippen LogP contribution in [0.2, 0.25) is 5.02 Å². The maximum absolute atomic E-state index is 12.8. The van der Waals surface area contributed by atoms with Gasteiger partial charge in [-0.1, -0.05) is 29.8 Å². The summed E-state index contributed by atoms with van der Waals surface area (Å²) in [5.41, 5.74) is -1.14. The van der Waals surface area contributed by atoms with Gasteiger partial charge in [-0.3, -0.25) is 4.79 Å². The summed E-state index contributed by atoms with van der Waals surface area (Å²) in [5, 5.41) is 8.37. The summed E-state index contributed by atoms with van der Waals surface area (Å²) in [4.78, 5) is 25.6. The number of esters is 1. The summed E-state index contributed by atoms with van der Waals surface area (Å²) in [6.07, 6.45) is -2.81. The SMILES string of the molecule is C=CCC1(C(=O)OC)CN(C(=O)Nc2ccc(C(F)(F)F)cc2)N=C1c1ccc(Cl)cc1. The second-order valence-corrected chi connectivity index (χ2v) is 7.52. The molecular weight excluding hydrogens is 447 g/mol. The third-order valence-electron chi connectivity index (χ3n) is 4.98. The molecule has 2 amide bonds. The Bertz CT molecular complexity index is 1050. The number of alkyl halides is 3. The van der Waals surface area contributed by atoms with Crippen molar-refractivity contribution < 1.29 is 27.5 Å². The van der Waals surface area contributed by atoms with Crippen LogP contribution in [0.5, 0.6) is 0 Å². The highest BCUT2D eigenvalue weighted by molar-refractivity contribution is 6.30. The van der Waals surface area contributed by atoms with Crippen LogP contribution < -0.4 is 5.32 Å². The van der Waals surface area contributed by atoms with Crippen molar-refractivity contribution in [3.05, 3.63) is 77.3 Å². The maximum Gasteiger partial charge on any atom is 0.416 e. The lowest BCUT2D eigenvalue weighted by molar-refractivity contribution is -0.148. The quantitative estimate of drug-likeness (QED) is 0.478. The van der Waals surface area contributed by atoms with Crippen molar-refractivity contribution in [1.82, 2.24) is 5.01 Å². The van der Waals surface area contributed by atoms with Crippen molar-refractivity contribution in [3.8, 4) is 0 Å². The molecule has 168 valence electrons. The number of methoxy groups -OCH3 is 1. The smallest absolute Gasteiger partial charge is 0.416 e. The molecule has 1 aliphatic rings. The lowest BCUT2D eigenvalue weighted by Gasteiger charge is -2.26. The highest BCUT2D eigenvalue weighted by Crippen LogP contribution is 2.37. The first-order chi connectivity index (χ1) is 15.1. The number of carbonyl (C=O) groups excluding carboxylic acids is 2. The third kappa shape index (κ3) is 4.62. The molecule has 0 aliphatic carbocycles. The fourth-order valence-corrected chi connectivity index (χ4v) is 3.55. The van der Waals surface area contributed by atoms with E-state index in [9.17, 15) is 22.8 Å². The van der Waals surface area contributed by atoms with E-state index in [4.69, 9.17) is 16.3 Å². The van der Waals surface area contributed by atoms with Crippen molar-refractivity contribution in [3.63, 3.8) is 0 Å². The molecule has 10 heteroatoms. The van der Waals surface area contributed by atoms with Gasteiger partial charge in [-0.25, -0.2) is 9.80 Å². The van der Waals surface area contributed by atoms with Gasteiger partial charge < -0.3 is 10.1 Å². The average molecular weight is 466 g/mol. The van der Waals surface area contributed by atoms with Gasteiger partial charge in [0.15, 0.2) is 0 Å². The van der Waals surface area contributed by atoms with Crippen LogP contribution in [0, 0.1) is 5.41 Å². The first-order valence-electron chi connectivity index (χ1n) is 9.41. The summed E-state index contributed by atoms with van der Waals surface area (Å²) in [6, 6.07) is 9.86. The molecule has 1 aliphatic heterocycles. The lowest BCUT2D eigenvalue weighted by atomic mass is 9.77. The number of nitrogens with zero attached hydrogens (tertiary/aromatic N) is 2. The maximum atomic E-state index is 12.8. The van der Waals surface area contributed by atoms with Crippen molar-refractivity contribution in [2.75, 3.05) is 19.0 Å². The van der Waals surface area contributed by atoms with E-state index in [1.165, 1.54) is 13.2 Å². The summed E-state index contributed by atoms with van der Waals surface area (Å²) >= 11 is 5.96. The molecule has 0 saturated carbocycles. The van der Waals surface area contributed by atoms with E-state index >= 15 is 0 Å². The molecule has 2 aromatic rings. The zero-order valence-corrected chi connectivity index (χ0v) is 17.7. The Hall–Kier alpha value is -3.33. The zero-order chi connectivity index (χ0) is 23.5. The van der Waals surface area contributed by atoms with E-state index in [1.807, 2.05) is 0 Å². The number of ether oxygens (including phenoxy) is 1. The summed E-state index contributed by atoms with van der Waals surface area (Å²) < 4.78 is 43.3. The number of amides is 2. The fraction of sp³-hybridized carbons (Fsp3) is 0.227. The number of anilines is 1. The largest absolute Gasteiger partial charge is 0.468 e. The van der Waals surface area contributed by atoms with Gasteiger partial charge in [-0.05, 0) is 48.4 Å². The van der Waals surface area contributed by atoms with Gasteiger partial charge in [0, 0.05) is 10.7 Å². The van der Waals surface area contributed by atoms with Crippen molar-refractivity contribution in [1.29, 1.82) is 0 Å². The molecule has 1 atom stereocenters. The van der Waals surface area contributed by atoms with Crippen molar-refractivity contribution in [2.45, 2.75) is 12.6 Å². The van der Waals surface area contributed by atoms with Crippen LogP contribution in [0.3, 0.4) is 0 Å². The van der Waals surface area contributed by atoms with E-state index in [0.29, 0.717) is 16.3 Å². The van der Waals surface area contributed by atoms with Gasteiger partial charge in [-0.15, -0.1) is 6.58 Å². The number of hydrogen-bond acceptors (Lipinski definition) is 4. The predicted octanol–water partition coefficient (Wildman–Crippen LogP) is 5.35. The van der Waals surface area contributed by atoms with Gasteiger partial charge >= 0.3 is 18.2 Å². The Morgan fingerprint density at radius 3 is 2.38 bits per heavy atom. The number of halogens is 4. The zero-order valence-electron chi connectivity index (χ0n) is 16.9. The van der Waals surface area contributed by atoms with Gasteiger partial charge in [0.05, 0.1) is 24.9 Å². The van der Waals surface area contributed by atoms with E-state index in [-0.39, 0.29) is 18.7 Å². The highest BCUT2D eigenvalue weighted by Gasteiger charge is 2.51. The molecule has 0 spiro atoms. The fourth-order valence-electron chi connectivity index (χ4n) is 3.42.